The molecule has 0 aromatic heterocycles. The minimum Gasteiger partial charge on any atom is -0.394 e. The van der Waals surface area contributed by atoms with E-state index < -0.39 is 30.0 Å². The van der Waals surface area contributed by atoms with Crippen molar-refractivity contribution in [2.45, 2.75) is 30.0 Å². The van der Waals surface area contributed by atoms with Gasteiger partial charge in [-0.25, -0.2) is 0 Å². The Bertz CT molecular complexity index is 147. The number of aliphatic hydroxyl groups is 3. The molecule has 1 fully saturated rings. The lowest BCUT2D eigenvalue weighted by Gasteiger charge is -2.38. The summed E-state index contributed by atoms with van der Waals surface area (Å²) in [7, 11) is 1.35. The van der Waals surface area contributed by atoms with E-state index in [1.807, 2.05) is 0 Å². The van der Waals surface area contributed by atoms with Crippen LogP contribution in [0.2, 0.25) is 0 Å². The van der Waals surface area contributed by atoms with Crippen LogP contribution in [0.4, 0.5) is 0 Å². The summed E-state index contributed by atoms with van der Waals surface area (Å²) in [6.07, 6.45) is -3.89. The van der Waals surface area contributed by atoms with Crippen LogP contribution in [0.5, 0.6) is 0 Å². The molecule has 0 saturated carbocycles. The van der Waals surface area contributed by atoms with Gasteiger partial charge in [-0.1, -0.05) is 0 Å². The standard InChI is InChI=1S/C7H13ClO5/c1-12-7-6(11)4(8)5(10)3(2-9)13-7/h3-7,9-11H,2H2,1H3/t3-,4+,5-,6-,7?/m1/s1. The van der Waals surface area contributed by atoms with Crippen LogP contribution >= 0.6 is 11.6 Å². The first-order chi connectivity index (χ1) is 6.11. The van der Waals surface area contributed by atoms with Crippen LogP contribution in [0, 0.1) is 0 Å². The lowest BCUT2D eigenvalue weighted by Crippen LogP contribution is -2.56. The van der Waals surface area contributed by atoms with Gasteiger partial charge in [-0.2, -0.15) is 0 Å². The number of hydrogen-bond acceptors (Lipinski definition) is 5. The van der Waals surface area contributed by atoms with Gasteiger partial charge in [0.15, 0.2) is 6.29 Å². The molecular formula is C7H13ClO5. The largest absolute Gasteiger partial charge is 0.394 e. The number of ether oxygens (including phenoxy) is 2. The van der Waals surface area contributed by atoms with Gasteiger partial charge in [0.1, 0.15) is 18.3 Å². The molecule has 13 heavy (non-hydrogen) atoms. The third-order valence-electron chi connectivity index (χ3n) is 2.03. The molecule has 1 aliphatic heterocycles. The molecule has 1 rings (SSSR count). The highest BCUT2D eigenvalue weighted by Gasteiger charge is 2.43. The van der Waals surface area contributed by atoms with E-state index in [-0.39, 0.29) is 6.61 Å². The smallest absolute Gasteiger partial charge is 0.185 e. The van der Waals surface area contributed by atoms with E-state index in [2.05, 4.69) is 0 Å². The van der Waals surface area contributed by atoms with Crippen molar-refractivity contribution in [3.63, 3.8) is 0 Å². The third kappa shape index (κ3) is 2.12. The van der Waals surface area contributed by atoms with E-state index >= 15 is 0 Å². The number of aliphatic hydroxyl groups excluding tert-OH is 3. The molecule has 0 amide bonds. The first-order valence-electron chi connectivity index (χ1n) is 3.91. The van der Waals surface area contributed by atoms with E-state index in [1.54, 1.807) is 0 Å². The van der Waals surface area contributed by atoms with Gasteiger partial charge in [-0.05, 0) is 0 Å². The minimum absolute atomic E-state index is 0.364. The van der Waals surface area contributed by atoms with Gasteiger partial charge in [0.05, 0.1) is 12.0 Å². The van der Waals surface area contributed by atoms with Crippen LogP contribution in [0.25, 0.3) is 0 Å². The summed E-state index contributed by atoms with van der Waals surface area (Å²) in [4.78, 5) is 0. The number of halogens is 1. The molecule has 6 heteroatoms. The second-order valence-electron chi connectivity index (χ2n) is 2.89. The maximum absolute atomic E-state index is 9.40. The average Bonchev–Trinajstić information content (AvgIpc) is 2.15. The maximum Gasteiger partial charge on any atom is 0.185 e. The number of alkyl halides is 1. The summed E-state index contributed by atoms with van der Waals surface area (Å²) in [5.74, 6) is 0. The third-order valence-corrected chi connectivity index (χ3v) is 2.55. The molecule has 0 bridgehead atoms. The second-order valence-corrected chi connectivity index (χ2v) is 3.39. The lowest BCUT2D eigenvalue weighted by atomic mass is 10.0. The van der Waals surface area contributed by atoms with Gasteiger partial charge in [-0.3, -0.25) is 0 Å². The van der Waals surface area contributed by atoms with Gasteiger partial charge < -0.3 is 24.8 Å². The summed E-state index contributed by atoms with van der Waals surface area (Å²) in [6, 6.07) is 0. The molecule has 0 aromatic carbocycles. The summed E-state index contributed by atoms with van der Waals surface area (Å²) in [5, 5.41) is 26.7. The quantitative estimate of drug-likeness (QED) is 0.495. The minimum atomic E-state index is -1.09. The van der Waals surface area contributed by atoms with Crippen LogP contribution in [-0.4, -0.2) is 59.0 Å². The summed E-state index contributed by atoms with van der Waals surface area (Å²) >= 11 is 5.69. The van der Waals surface area contributed by atoms with E-state index in [0.29, 0.717) is 0 Å². The van der Waals surface area contributed by atoms with Crippen molar-refractivity contribution in [3.05, 3.63) is 0 Å². The predicted molar refractivity (Wildman–Crippen MR) is 44.4 cm³/mol. The number of rotatable bonds is 2. The molecule has 1 heterocycles. The fourth-order valence-electron chi connectivity index (χ4n) is 1.24. The molecule has 1 aliphatic rings. The zero-order valence-corrected chi connectivity index (χ0v) is 7.89. The van der Waals surface area contributed by atoms with Crippen LogP contribution in [-0.2, 0) is 9.47 Å². The van der Waals surface area contributed by atoms with Crippen molar-refractivity contribution >= 4 is 11.6 Å². The Balaban J connectivity index is 2.66. The van der Waals surface area contributed by atoms with Gasteiger partial charge >= 0.3 is 0 Å². The highest BCUT2D eigenvalue weighted by Crippen LogP contribution is 2.25. The van der Waals surface area contributed by atoms with Crippen LogP contribution in [0.15, 0.2) is 0 Å². The van der Waals surface area contributed by atoms with Gasteiger partial charge in [0, 0.05) is 7.11 Å². The maximum atomic E-state index is 9.40. The molecule has 1 saturated heterocycles. The van der Waals surface area contributed by atoms with Crippen molar-refractivity contribution in [3.8, 4) is 0 Å². The van der Waals surface area contributed by atoms with E-state index in [1.165, 1.54) is 7.11 Å². The van der Waals surface area contributed by atoms with Crippen LogP contribution in [0.3, 0.4) is 0 Å². The van der Waals surface area contributed by atoms with Crippen molar-refractivity contribution in [2.24, 2.45) is 0 Å². The predicted octanol–water partition coefficient (Wildman–Crippen LogP) is -1.32. The fourth-order valence-corrected chi connectivity index (χ4v) is 1.52. The Morgan fingerprint density at radius 3 is 2.46 bits per heavy atom. The van der Waals surface area contributed by atoms with Crippen molar-refractivity contribution in [1.82, 2.24) is 0 Å². The molecular weight excluding hydrogens is 200 g/mol. The summed E-state index contributed by atoms with van der Waals surface area (Å²) < 4.78 is 9.80. The summed E-state index contributed by atoms with van der Waals surface area (Å²) in [5.41, 5.74) is 0. The Labute approximate surface area is 80.8 Å². The first kappa shape index (κ1) is 11.2. The van der Waals surface area contributed by atoms with Gasteiger partial charge in [-0.15, -0.1) is 11.6 Å². The fraction of sp³-hybridized carbons (Fsp3) is 1.00. The molecule has 1 unspecified atom stereocenters. The Morgan fingerprint density at radius 1 is 1.38 bits per heavy atom. The van der Waals surface area contributed by atoms with E-state index in [4.69, 9.17) is 26.2 Å². The Kier molecular flexibility index (Phi) is 3.90. The average molecular weight is 213 g/mol. The van der Waals surface area contributed by atoms with Crippen LogP contribution < -0.4 is 0 Å². The highest BCUT2D eigenvalue weighted by molar-refractivity contribution is 6.21. The normalized spacial score (nSPS) is 46.4. The molecule has 5 atom stereocenters. The number of hydrogen-bond donors (Lipinski definition) is 3. The topological polar surface area (TPSA) is 79.2 Å². The highest BCUT2D eigenvalue weighted by atomic mass is 35.5. The molecule has 78 valence electrons. The summed E-state index contributed by atoms with van der Waals surface area (Å²) in [6.45, 7) is -0.364. The zero-order chi connectivity index (χ0) is 10.0. The Morgan fingerprint density at radius 2 is 2.00 bits per heavy atom. The van der Waals surface area contributed by atoms with Crippen molar-refractivity contribution < 1.29 is 24.8 Å². The molecule has 5 nitrogen and oxygen atoms in total. The lowest BCUT2D eigenvalue weighted by molar-refractivity contribution is -0.259. The molecule has 0 aliphatic carbocycles. The molecule has 0 spiro atoms. The van der Waals surface area contributed by atoms with Gasteiger partial charge in [0.25, 0.3) is 0 Å². The van der Waals surface area contributed by atoms with Crippen LogP contribution in [0.1, 0.15) is 0 Å². The molecule has 0 aromatic rings. The second kappa shape index (κ2) is 4.54. The van der Waals surface area contributed by atoms with E-state index in [9.17, 15) is 10.2 Å². The molecule has 3 N–H and O–H groups in total. The number of methoxy groups -OCH3 is 1. The zero-order valence-electron chi connectivity index (χ0n) is 7.13. The van der Waals surface area contributed by atoms with E-state index in [0.717, 1.165) is 0 Å². The first-order valence-corrected chi connectivity index (χ1v) is 4.34. The monoisotopic (exact) mass is 212 g/mol. The SMILES string of the molecule is COC1O[C@H](CO)[C@@H](O)[C@H](Cl)[C@H]1O. The molecule has 0 radical (unpaired) electrons. The van der Waals surface area contributed by atoms with Crippen molar-refractivity contribution in [1.29, 1.82) is 0 Å². The Hall–Kier alpha value is 0.0900. The van der Waals surface area contributed by atoms with Crippen molar-refractivity contribution in [2.75, 3.05) is 13.7 Å². The van der Waals surface area contributed by atoms with Gasteiger partial charge in [0.2, 0.25) is 0 Å².